The number of rotatable bonds is 8. The van der Waals surface area contributed by atoms with E-state index < -0.39 is 0 Å². The molecule has 0 radical (unpaired) electrons. The first-order valence-electron chi connectivity index (χ1n) is 8.90. The first-order chi connectivity index (χ1) is 12.6. The molecule has 27 heavy (non-hydrogen) atoms. The van der Waals surface area contributed by atoms with Gasteiger partial charge in [0.15, 0.2) is 5.96 Å². The molecule has 3 N–H and O–H groups in total. The van der Waals surface area contributed by atoms with Crippen LogP contribution in [0.25, 0.3) is 0 Å². The molecule has 2 rings (SSSR count). The summed E-state index contributed by atoms with van der Waals surface area (Å²) in [5.74, 6) is 0.761. The zero-order valence-electron chi connectivity index (χ0n) is 16.1. The average Bonchev–Trinajstić information content (AvgIpc) is 3.15. The van der Waals surface area contributed by atoms with Crippen molar-refractivity contribution < 1.29 is 4.79 Å². The Balaban J connectivity index is 0.00000364. The lowest BCUT2D eigenvalue weighted by Gasteiger charge is -2.13. The number of benzene rings is 1. The predicted molar refractivity (Wildman–Crippen MR) is 120 cm³/mol. The van der Waals surface area contributed by atoms with Crippen LogP contribution < -0.4 is 16.0 Å². The fourth-order valence-electron chi connectivity index (χ4n) is 2.28. The molecular formula is C19H29IN6O. The molecule has 7 nitrogen and oxygen atoms in total. The number of aromatic nitrogens is 2. The van der Waals surface area contributed by atoms with E-state index in [4.69, 9.17) is 0 Å². The summed E-state index contributed by atoms with van der Waals surface area (Å²) in [4.78, 5) is 15.9. The zero-order chi connectivity index (χ0) is 18.8. The molecule has 1 heterocycles. The molecule has 148 valence electrons. The number of anilines is 1. The minimum absolute atomic E-state index is 0. The van der Waals surface area contributed by atoms with E-state index in [1.54, 1.807) is 13.2 Å². The highest BCUT2D eigenvalue weighted by Crippen LogP contribution is 2.10. The lowest BCUT2D eigenvalue weighted by atomic mass is 10.1. The Morgan fingerprint density at radius 1 is 1.22 bits per heavy atom. The third-order valence-electron chi connectivity index (χ3n) is 3.85. The maximum Gasteiger partial charge on any atom is 0.226 e. The third-order valence-corrected chi connectivity index (χ3v) is 3.85. The molecule has 8 heteroatoms. The highest BCUT2D eigenvalue weighted by Gasteiger charge is 2.06. The Morgan fingerprint density at radius 3 is 2.56 bits per heavy atom. The predicted octanol–water partition coefficient (Wildman–Crippen LogP) is 2.85. The Kier molecular flexibility index (Phi) is 10.5. The van der Waals surface area contributed by atoms with Crippen molar-refractivity contribution in [1.82, 2.24) is 20.4 Å². The van der Waals surface area contributed by atoms with Gasteiger partial charge in [0.25, 0.3) is 0 Å². The summed E-state index contributed by atoms with van der Waals surface area (Å²) in [7, 11) is 1.76. The number of aliphatic imine (C=N–C) groups is 1. The van der Waals surface area contributed by atoms with Crippen LogP contribution in [0.15, 0.2) is 47.7 Å². The van der Waals surface area contributed by atoms with Crippen molar-refractivity contribution in [2.24, 2.45) is 10.9 Å². The molecule has 1 aromatic heterocycles. The average molecular weight is 484 g/mol. The van der Waals surface area contributed by atoms with Crippen molar-refractivity contribution >= 4 is 41.5 Å². The number of hydrogen-bond donors (Lipinski definition) is 3. The number of guanidine groups is 1. The molecular weight excluding hydrogens is 455 g/mol. The van der Waals surface area contributed by atoms with Gasteiger partial charge in [-0.25, -0.2) is 0 Å². The fraction of sp³-hybridized carbons (Fsp3) is 0.421. The molecule has 0 fully saturated rings. The molecule has 1 aromatic carbocycles. The maximum atomic E-state index is 11.7. The molecule has 0 saturated carbocycles. The summed E-state index contributed by atoms with van der Waals surface area (Å²) in [6, 6.07) is 9.74. The second kappa shape index (κ2) is 12.3. The lowest BCUT2D eigenvalue weighted by molar-refractivity contribution is -0.118. The molecule has 2 aromatic rings. The number of carbonyl (C=O) groups excluding carboxylic acids is 1. The van der Waals surface area contributed by atoms with Gasteiger partial charge in [0.2, 0.25) is 5.91 Å². The van der Waals surface area contributed by atoms with Gasteiger partial charge in [0.05, 0.1) is 0 Å². The van der Waals surface area contributed by atoms with E-state index in [1.165, 1.54) is 0 Å². The minimum Gasteiger partial charge on any atom is -0.356 e. The summed E-state index contributed by atoms with van der Waals surface area (Å²) >= 11 is 0. The second-order valence-electron chi connectivity index (χ2n) is 6.32. The molecule has 0 unspecified atom stereocenters. The van der Waals surface area contributed by atoms with Gasteiger partial charge in [-0.05, 0) is 30.2 Å². The first kappa shape index (κ1) is 22.9. The number of nitrogens with zero attached hydrogens (tertiary/aromatic N) is 3. The van der Waals surface area contributed by atoms with Gasteiger partial charge in [0.1, 0.15) is 0 Å². The van der Waals surface area contributed by atoms with Crippen LogP contribution in [0, 0.1) is 5.92 Å². The van der Waals surface area contributed by atoms with E-state index in [-0.39, 0.29) is 35.8 Å². The summed E-state index contributed by atoms with van der Waals surface area (Å²) in [6.45, 7) is 6.11. The van der Waals surface area contributed by atoms with E-state index in [0.717, 1.165) is 36.7 Å². The number of hydrogen-bond acceptors (Lipinski definition) is 3. The smallest absolute Gasteiger partial charge is 0.226 e. The van der Waals surface area contributed by atoms with Gasteiger partial charge in [-0.3, -0.25) is 14.5 Å². The van der Waals surface area contributed by atoms with Crippen LogP contribution in [0.4, 0.5) is 5.69 Å². The quantitative estimate of drug-likeness (QED) is 0.233. The van der Waals surface area contributed by atoms with E-state index in [2.05, 4.69) is 26.0 Å². The summed E-state index contributed by atoms with van der Waals surface area (Å²) in [6.07, 6.45) is 4.71. The van der Waals surface area contributed by atoms with Crippen LogP contribution >= 0.6 is 24.0 Å². The highest BCUT2D eigenvalue weighted by atomic mass is 127. The Morgan fingerprint density at radius 2 is 1.96 bits per heavy atom. The van der Waals surface area contributed by atoms with Crippen LogP contribution in [0.1, 0.15) is 25.8 Å². The highest BCUT2D eigenvalue weighted by molar-refractivity contribution is 14.0. The Hall–Kier alpha value is -2.10. The van der Waals surface area contributed by atoms with E-state index in [1.807, 2.05) is 55.1 Å². The number of nitrogens with one attached hydrogen (secondary N) is 3. The Labute approximate surface area is 178 Å². The summed E-state index contributed by atoms with van der Waals surface area (Å²) in [5, 5.41) is 13.6. The molecule has 0 aliphatic heterocycles. The topological polar surface area (TPSA) is 83.3 Å². The normalized spacial score (nSPS) is 11.0. The summed E-state index contributed by atoms with van der Waals surface area (Å²) in [5.41, 5.74) is 1.93. The van der Waals surface area contributed by atoms with Gasteiger partial charge in [0, 0.05) is 50.7 Å². The van der Waals surface area contributed by atoms with Crippen LogP contribution in [0.2, 0.25) is 0 Å². The second-order valence-corrected chi connectivity index (χ2v) is 6.32. The number of aryl methyl sites for hydroxylation is 1. The molecule has 0 aliphatic rings. The minimum atomic E-state index is -0.0287. The van der Waals surface area contributed by atoms with Crippen molar-refractivity contribution in [3.63, 3.8) is 0 Å². The van der Waals surface area contributed by atoms with Gasteiger partial charge in [-0.1, -0.05) is 26.0 Å². The molecule has 0 bridgehead atoms. The van der Waals surface area contributed by atoms with Gasteiger partial charge in [-0.2, -0.15) is 5.10 Å². The van der Waals surface area contributed by atoms with E-state index >= 15 is 0 Å². The number of amides is 1. The molecule has 0 spiro atoms. The van der Waals surface area contributed by atoms with Gasteiger partial charge in [-0.15, -0.1) is 24.0 Å². The molecule has 1 amide bonds. The fourth-order valence-corrected chi connectivity index (χ4v) is 2.28. The van der Waals surface area contributed by atoms with Gasteiger partial charge < -0.3 is 16.0 Å². The third kappa shape index (κ3) is 8.42. The first-order valence-corrected chi connectivity index (χ1v) is 8.90. The van der Waals surface area contributed by atoms with Crippen molar-refractivity contribution in [1.29, 1.82) is 0 Å². The van der Waals surface area contributed by atoms with E-state index in [9.17, 15) is 4.79 Å². The largest absolute Gasteiger partial charge is 0.356 e. The van der Waals surface area contributed by atoms with Crippen molar-refractivity contribution in [2.45, 2.75) is 33.4 Å². The van der Waals surface area contributed by atoms with Crippen molar-refractivity contribution in [2.75, 3.05) is 18.9 Å². The maximum absolute atomic E-state index is 11.7. The molecule has 0 aliphatic carbocycles. The number of halogens is 1. The zero-order valence-corrected chi connectivity index (χ0v) is 18.4. The van der Waals surface area contributed by atoms with Crippen LogP contribution in [0.3, 0.4) is 0 Å². The monoisotopic (exact) mass is 484 g/mol. The van der Waals surface area contributed by atoms with Crippen LogP contribution in [-0.2, 0) is 17.9 Å². The molecule has 0 saturated heterocycles. The van der Waals surface area contributed by atoms with Gasteiger partial charge >= 0.3 is 0 Å². The van der Waals surface area contributed by atoms with Crippen LogP contribution in [0.5, 0.6) is 0 Å². The summed E-state index contributed by atoms with van der Waals surface area (Å²) < 4.78 is 1.91. The Bertz CT molecular complexity index is 697. The lowest BCUT2D eigenvalue weighted by Crippen LogP contribution is -2.37. The van der Waals surface area contributed by atoms with Crippen molar-refractivity contribution in [3.8, 4) is 0 Å². The number of carbonyl (C=O) groups is 1. The standard InChI is InChI=1S/C19H28N6O.HI/c1-15(2)18(26)24-17-8-6-16(7-9-17)14-22-19(20-3)21-10-4-12-25-13-5-11-23-25;/h5-9,11,13,15H,4,10,12,14H2,1-3H3,(H,24,26)(H2,20,21,22);1H. The van der Waals surface area contributed by atoms with E-state index in [0.29, 0.717) is 6.54 Å². The van der Waals surface area contributed by atoms with Crippen molar-refractivity contribution in [3.05, 3.63) is 48.3 Å². The SMILES string of the molecule is CN=C(NCCCn1cccn1)NCc1ccc(NC(=O)C(C)C)cc1.I. The van der Waals surface area contributed by atoms with Crippen LogP contribution in [-0.4, -0.2) is 35.2 Å². The molecule has 0 atom stereocenters.